The molecule has 0 spiro atoms. The molecule has 0 unspecified atom stereocenters. The van der Waals surface area contributed by atoms with E-state index in [-0.39, 0.29) is 11.8 Å². The molecule has 170 valence electrons. The van der Waals surface area contributed by atoms with E-state index in [1.807, 2.05) is 35.2 Å². The lowest BCUT2D eigenvalue weighted by atomic mass is 9.98. The number of ether oxygens (including phenoxy) is 1. The second-order valence-electron chi connectivity index (χ2n) is 8.62. The van der Waals surface area contributed by atoms with Gasteiger partial charge in [0.25, 0.3) is 11.8 Å². The van der Waals surface area contributed by atoms with Crippen molar-refractivity contribution in [3.8, 4) is 5.75 Å². The van der Waals surface area contributed by atoms with E-state index in [0.29, 0.717) is 35.1 Å². The lowest BCUT2D eigenvalue weighted by Crippen LogP contribution is -2.37. The van der Waals surface area contributed by atoms with Gasteiger partial charge in [-0.2, -0.15) is 0 Å². The molecular formula is C28H30N2O3. The van der Waals surface area contributed by atoms with Gasteiger partial charge in [-0.3, -0.25) is 9.59 Å². The zero-order valence-electron chi connectivity index (χ0n) is 19.0. The third kappa shape index (κ3) is 6.22. The molecule has 0 bridgehead atoms. The molecule has 1 fully saturated rings. The lowest BCUT2D eigenvalue weighted by Gasteiger charge is -2.30. The van der Waals surface area contributed by atoms with Crippen molar-refractivity contribution in [1.29, 1.82) is 0 Å². The summed E-state index contributed by atoms with van der Waals surface area (Å²) >= 11 is 0. The molecule has 1 saturated heterocycles. The molecule has 5 nitrogen and oxygen atoms in total. The van der Waals surface area contributed by atoms with Gasteiger partial charge in [-0.15, -0.1) is 0 Å². The van der Waals surface area contributed by atoms with Gasteiger partial charge in [0.05, 0.1) is 6.61 Å². The molecule has 5 heteroatoms. The van der Waals surface area contributed by atoms with Crippen LogP contribution in [0.1, 0.15) is 46.0 Å². The molecule has 2 amide bonds. The Kier molecular flexibility index (Phi) is 7.40. The van der Waals surface area contributed by atoms with Gasteiger partial charge < -0.3 is 15.0 Å². The quantitative estimate of drug-likeness (QED) is 0.531. The molecule has 0 atom stereocenters. The standard InChI is InChI=1S/C28H30N2O3/c1-21-14-17-30(18-15-21)28(32)23-10-12-25(13-11-23)29-27(31)24-8-5-9-26(20-24)33-19-16-22-6-3-2-4-7-22/h2-13,20-21H,14-19H2,1H3,(H,29,31). The van der Waals surface area contributed by atoms with E-state index < -0.39 is 0 Å². The summed E-state index contributed by atoms with van der Waals surface area (Å²) < 4.78 is 5.84. The zero-order valence-corrected chi connectivity index (χ0v) is 19.0. The fourth-order valence-corrected chi connectivity index (χ4v) is 3.95. The highest BCUT2D eigenvalue weighted by atomic mass is 16.5. The number of hydrogen-bond acceptors (Lipinski definition) is 3. The van der Waals surface area contributed by atoms with Crippen molar-refractivity contribution in [2.24, 2.45) is 5.92 Å². The Morgan fingerprint density at radius 2 is 1.64 bits per heavy atom. The molecule has 3 aromatic rings. The number of hydrogen-bond donors (Lipinski definition) is 1. The summed E-state index contributed by atoms with van der Waals surface area (Å²) in [5.41, 5.74) is 3.04. The Bertz CT molecular complexity index is 1070. The van der Waals surface area contributed by atoms with Gasteiger partial charge >= 0.3 is 0 Å². The van der Waals surface area contributed by atoms with Crippen molar-refractivity contribution in [3.63, 3.8) is 0 Å². The minimum atomic E-state index is -0.215. The third-order valence-electron chi connectivity index (χ3n) is 6.06. The molecule has 0 aromatic heterocycles. The number of benzene rings is 3. The van der Waals surface area contributed by atoms with Crippen LogP contribution >= 0.6 is 0 Å². The summed E-state index contributed by atoms with van der Waals surface area (Å²) in [5, 5.41) is 2.90. The van der Waals surface area contributed by atoms with Crippen LogP contribution in [-0.2, 0) is 6.42 Å². The van der Waals surface area contributed by atoms with Gasteiger partial charge in [-0.25, -0.2) is 0 Å². The lowest BCUT2D eigenvalue weighted by molar-refractivity contribution is 0.0697. The molecule has 1 aliphatic rings. The van der Waals surface area contributed by atoms with E-state index in [1.165, 1.54) is 5.56 Å². The number of carbonyl (C=O) groups is 2. The Balaban J connectivity index is 1.31. The number of anilines is 1. The first-order valence-corrected chi connectivity index (χ1v) is 11.6. The molecule has 1 N–H and O–H groups in total. The minimum Gasteiger partial charge on any atom is -0.493 e. The zero-order chi connectivity index (χ0) is 23.0. The number of nitrogens with one attached hydrogen (secondary N) is 1. The second-order valence-corrected chi connectivity index (χ2v) is 8.62. The second kappa shape index (κ2) is 10.8. The highest BCUT2D eigenvalue weighted by Gasteiger charge is 2.21. The highest BCUT2D eigenvalue weighted by molar-refractivity contribution is 6.04. The summed E-state index contributed by atoms with van der Waals surface area (Å²) in [5.74, 6) is 1.18. The number of likely N-dealkylation sites (tertiary alicyclic amines) is 1. The van der Waals surface area contributed by atoms with E-state index in [4.69, 9.17) is 4.74 Å². The van der Waals surface area contributed by atoms with Gasteiger partial charge in [0.2, 0.25) is 0 Å². The van der Waals surface area contributed by atoms with E-state index in [1.54, 1.807) is 36.4 Å². The van der Waals surface area contributed by atoms with Crippen LogP contribution in [0, 0.1) is 5.92 Å². The normalized spacial score (nSPS) is 14.0. The number of amides is 2. The summed E-state index contributed by atoms with van der Waals surface area (Å²) in [6.45, 7) is 4.39. The van der Waals surface area contributed by atoms with Crippen molar-refractivity contribution in [2.45, 2.75) is 26.2 Å². The molecule has 3 aromatic carbocycles. The van der Waals surface area contributed by atoms with Gasteiger partial charge in [0.1, 0.15) is 5.75 Å². The SMILES string of the molecule is CC1CCN(C(=O)c2ccc(NC(=O)c3cccc(OCCc4ccccc4)c3)cc2)CC1. The number of nitrogens with zero attached hydrogens (tertiary/aromatic N) is 1. The van der Waals surface area contributed by atoms with Crippen LogP contribution in [-0.4, -0.2) is 36.4 Å². The predicted octanol–water partition coefficient (Wildman–Crippen LogP) is 5.43. The molecule has 1 aliphatic heterocycles. The first kappa shape index (κ1) is 22.6. The van der Waals surface area contributed by atoms with Crippen molar-refractivity contribution >= 4 is 17.5 Å². The van der Waals surface area contributed by atoms with Crippen molar-refractivity contribution < 1.29 is 14.3 Å². The Morgan fingerprint density at radius 1 is 0.909 bits per heavy atom. The van der Waals surface area contributed by atoms with E-state index in [2.05, 4.69) is 24.4 Å². The maximum Gasteiger partial charge on any atom is 0.255 e. The largest absolute Gasteiger partial charge is 0.493 e. The van der Waals surface area contributed by atoms with Crippen molar-refractivity contribution in [1.82, 2.24) is 4.90 Å². The van der Waals surface area contributed by atoms with E-state index >= 15 is 0 Å². The molecule has 0 saturated carbocycles. The summed E-state index contributed by atoms with van der Waals surface area (Å²) in [7, 11) is 0. The molecular weight excluding hydrogens is 412 g/mol. The number of carbonyl (C=O) groups excluding carboxylic acids is 2. The van der Waals surface area contributed by atoms with Crippen LogP contribution in [0.15, 0.2) is 78.9 Å². The van der Waals surface area contributed by atoms with Crippen molar-refractivity contribution in [2.75, 3.05) is 25.0 Å². The monoisotopic (exact) mass is 442 g/mol. The average molecular weight is 443 g/mol. The summed E-state index contributed by atoms with van der Waals surface area (Å²) in [4.78, 5) is 27.3. The fraction of sp³-hybridized carbons (Fsp3) is 0.286. The van der Waals surface area contributed by atoms with Crippen molar-refractivity contribution in [3.05, 3.63) is 95.6 Å². The number of piperidine rings is 1. The van der Waals surface area contributed by atoms with Gasteiger partial charge in [-0.1, -0.05) is 43.3 Å². The third-order valence-corrected chi connectivity index (χ3v) is 6.06. The molecule has 1 heterocycles. The molecule has 33 heavy (non-hydrogen) atoms. The molecule has 0 aliphatic carbocycles. The molecule has 0 radical (unpaired) electrons. The minimum absolute atomic E-state index is 0.0557. The molecule has 4 rings (SSSR count). The maximum absolute atomic E-state index is 12.7. The van der Waals surface area contributed by atoms with Crippen LogP contribution in [0.3, 0.4) is 0 Å². The fourth-order valence-electron chi connectivity index (χ4n) is 3.95. The first-order chi connectivity index (χ1) is 16.1. The van der Waals surface area contributed by atoms with Crippen LogP contribution < -0.4 is 10.1 Å². The Morgan fingerprint density at radius 3 is 2.36 bits per heavy atom. The highest BCUT2D eigenvalue weighted by Crippen LogP contribution is 2.20. The summed E-state index contributed by atoms with van der Waals surface area (Å²) in [6.07, 6.45) is 2.91. The van der Waals surface area contributed by atoms with Gasteiger partial charge in [0.15, 0.2) is 0 Å². The smallest absolute Gasteiger partial charge is 0.255 e. The van der Waals surface area contributed by atoms with Gasteiger partial charge in [0, 0.05) is 36.3 Å². The van der Waals surface area contributed by atoms with Crippen LogP contribution in [0.4, 0.5) is 5.69 Å². The van der Waals surface area contributed by atoms with E-state index in [0.717, 1.165) is 32.4 Å². The van der Waals surface area contributed by atoms with E-state index in [9.17, 15) is 9.59 Å². The van der Waals surface area contributed by atoms with Crippen LogP contribution in [0.5, 0.6) is 5.75 Å². The van der Waals surface area contributed by atoms with Crippen LogP contribution in [0.2, 0.25) is 0 Å². The topological polar surface area (TPSA) is 58.6 Å². The first-order valence-electron chi connectivity index (χ1n) is 11.6. The summed E-state index contributed by atoms with van der Waals surface area (Å²) in [6, 6.07) is 24.4. The Labute approximate surface area is 195 Å². The van der Waals surface area contributed by atoms with Crippen LogP contribution in [0.25, 0.3) is 0 Å². The number of rotatable bonds is 7. The predicted molar refractivity (Wildman–Crippen MR) is 131 cm³/mol. The maximum atomic E-state index is 12.7. The average Bonchev–Trinajstić information content (AvgIpc) is 2.85. The van der Waals surface area contributed by atoms with Gasteiger partial charge in [-0.05, 0) is 66.8 Å². The Hall–Kier alpha value is -3.60.